The van der Waals surface area contributed by atoms with Crippen molar-refractivity contribution in [3.63, 3.8) is 0 Å². The van der Waals surface area contributed by atoms with E-state index in [-0.39, 0.29) is 17.7 Å². The highest BCUT2D eigenvalue weighted by atomic mass is 19.3. The highest BCUT2D eigenvalue weighted by Crippen LogP contribution is 2.27. The molecule has 0 spiro atoms. The number of ether oxygens (including phenoxy) is 2. The normalized spacial score (nSPS) is 10.1. The number of methoxy groups -OCH3 is 1. The second kappa shape index (κ2) is 6.69. The van der Waals surface area contributed by atoms with E-state index in [1.807, 2.05) is 6.07 Å². The molecule has 0 N–H and O–H groups in total. The van der Waals surface area contributed by atoms with Crippen LogP contribution in [0.15, 0.2) is 12.1 Å². The first-order valence-corrected chi connectivity index (χ1v) is 5.59. The average molecular weight is 269 g/mol. The molecule has 0 atom stereocenters. The maximum absolute atomic E-state index is 12.3. The Labute approximate surface area is 109 Å². The van der Waals surface area contributed by atoms with Crippen LogP contribution in [0.2, 0.25) is 0 Å². The van der Waals surface area contributed by atoms with Gasteiger partial charge in [0.15, 0.2) is 0 Å². The third-order valence-electron chi connectivity index (χ3n) is 2.60. The SMILES string of the molecule is CCc1c(OC(F)F)ccc(CC(=O)OC)c1C#N. The van der Waals surface area contributed by atoms with E-state index in [4.69, 9.17) is 5.26 Å². The van der Waals surface area contributed by atoms with Gasteiger partial charge in [-0.2, -0.15) is 14.0 Å². The molecule has 0 aromatic heterocycles. The third kappa shape index (κ3) is 3.65. The molecule has 4 nitrogen and oxygen atoms in total. The zero-order chi connectivity index (χ0) is 14.4. The van der Waals surface area contributed by atoms with Crippen molar-refractivity contribution < 1.29 is 23.0 Å². The molecular formula is C13H13F2NO3. The van der Waals surface area contributed by atoms with Gasteiger partial charge in [0.2, 0.25) is 0 Å². The van der Waals surface area contributed by atoms with E-state index >= 15 is 0 Å². The van der Waals surface area contributed by atoms with Crippen molar-refractivity contribution in [1.29, 1.82) is 5.26 Å². The molecule has 19 heavy (non-hydrogen) atoms. The predicted molar refractivity (Wildman–Crippen MR) is 62.9 cm³/mol. The largest absolute Gasteiger partial charge is 0.469 e. The summed E-state index contributed by atoms with van der Waals surface area (Å²) in [5.41, 5.74) is 0.989. The van der Waals surface area contributed by atoms with E-state index in [9.17, 15) is 13.6 Å². The zero-order valence-electron chi connectivity index (χ0n) is 10.6. The van der Waals surface area contributed by atoms with Gasteiger partial charge in [0.25, 0.3) is 0 Å². The molecule has 0 heterocycles. The molecule has 0 saturated carbocycles. The van der Waals surface area contributed by atoms with Crippen LogP contribution in [0.3, 0.4) is 0 Å². The lowest BCUT2D eigenvalue weighted by molar-refractivity contribution is -0.139. The molecule has 0 amide bonds. The zero-order valence-corrected chi connectivity index (χ0v) is 10.6. The molecule has 0 saturated heterocycles. The van der Waals surface area contributed by atoms with E-state index in [0.717, 1.165) is 0 Å². The Kier molecular flexibility index (Phi) is 5.24. The molecule has 1 aromatic carbocycles. The van der Waals surface area contributed by atoms with Crippen LogP contribution >= 0.6 is 0 Å². The molecule has 0 radical (unpaired) electrons. The molecule has 0 aliphatic rings. The van der Waals surface area contributed by atoms with Gasteiger partial charge in [-0.1, -0.05) is 13.0 Å². The highest BCUT2D eigenvalue weighted by molar-refractivity contribution is 5.74. The first kappa shape index (κ1) is 14.9. The Hall–Kier alpha value is -2.16. The quantitative estimate of drug-likeness (QED) is 0.770. The Bertz CT molecular complexity index is 509. The number of nitriles is 1. The van der Waals surface area contributed by atoms with Crippen molar-refractivity contribution in [3.8, 4) is 11.8 Å². The molecular weight excluding hydrogens is 256 g/mol. The summed E-state index contributed by atoms with van der Waals surface area (Å²) in [4.78, 5) is 11.2. The first-order valence-electron chi connectivity index (χ1n) is 5.59. The minimum atomic E-state index is -2.96. The summed E-state index contributed by atoms with van der Waals surface area (Å²) in [5, 5.41) is 9.13. The van der Waals surface area contributed by atoms with Gasteiger partial charge in [-0.25, -0.2) is 0 Å². The minimum Gasteiger partial charge on any atom is -0.469 e. The lowest BCUT2D eigenvalue weighted by atomic mass is 9.97. The number of hydrogen-bond acceptors (Lipinski definition) is 4. The lowest BCUT2D eigenvalue weighted by Crippen LogP contribution is -2.10. The van der Waals surface area contributed by atoms with Crippen LogP contribution in [0.1, 0.15) is 23.6 Å². The number of benzene rings is 1. The summed E-state index contributed by atoms with van der Waals surface area (Å²) in [6.45, 7) is -1.24. The van der Waals surface area contributed by atoms with Crippen molar-refractivity contribution in [2.75, 3.05) is 7.11 Å². The van der Waals surface area contributed by atoms with Crippen molar-refractivity contribution >= 4 is 5.97 Å². The Morgan fingerprint density at radius 1 is 1.47 bits per heavy atom. The molecule has 102 valence electrons. The minimum absolute atomic E-state index is 0.0392. The maximum atomic E-state index is 12.3. The van der Waals surface area contributed by atoms with Gasteiger partial charge in [0.05, 0.1) is 25.2 Å². The number of alkyl halides is 2. The van der Waals surface area contributed by atoms with Gasteiger partial charge in [-0.05, 0) is 18.1 Å². The van der Waals surface area contributed by atoms with E-state index in [2.05, 4.69) is 9.47 Å². The fraction of sp³-hybridized carbons (Fsp3) is 0.385. The van der Waals surface area contributed by atoms with Gasteiger partial charge in [0.1, 0.15) is 5.75 Å². The molecule has 0 unspecified atom stereocenters. The standard InChI is InChI=1S/C13H13F2NO3/c1-3-9-10(7-16)8(6-12(17)18-2)4-5-11(9)19-13(14)15/h4-5,13H,3,6H2,1-2H3. The second-order valence-corrected chi connectivity index (χ2v) is 3.67. The molecule has 1 rings (SSSR count). The van der Waals surface area contributed by atoms with E-state index in [0.29, 0.717) is 17.5 Å². The maximum Gasteiger partial charge on any atom is 0.387 e. The van der Waals surface area contributed by atoms with Crippen LogP contribution in [0.5, 0.6) is 5.75 Å². The van der Waals surface area contributed by atoms with Crippen LogP contribution < -0.4 is 4.74 Å². The summed E-state index contributed by atoms with van der Waals surface area (Å²) in [6, 6.07) is 4.69. The number of halogens is 2. The fourth-order valence-corrected chi connectivity index (χ4v) is 1.75. The monoisotopic (exact) mass is 269 g/mol. The highest BCUT2D eigenvalue weighted by Gasteiger charge is 2.17. The molecule has 6 heteroatoms. The van der Waals surface area contributed by atoms with E-state index in [1.54, 1.807) is 6.92 Å². The topological polar surface area (TPSA) is 59.3 Å². The fourth-order valence-electron chi connectivity index (χ4n) is 1.75. The van der Waals surface area contributed by atoms with Crippen LogP contribution in [0.25, 0.3) is 0 Å². The van der Waals surface area contributed by atoms with Crippen molar-refractivity contribution in [1.82, 2.24) is 0 Å². The van der Waals surface area contributed by atoms with Crippen LogP contribution in [-0.4, -0.2) is 19.7 Å². The Morgan fingerprint density at radius 2 is 2.16 bits per heavy atom. The average Bonchev–Trinajstić information content (AvgIpc) is 2.38. The second-order valence-electron chi connectivity index (χ2n) is 3.67. The first-order chi connectivity index (χ1) is 9.03. The van der Waals surface area contributed by atoms with Crippen LogP contribution in [0, 0.1) is 11.3 Å². The summed E-state index contributed by atoms with van der Waals surface area (Å²) in [5.74, 6) is -0.538. The number of hydrogen-bond donors (Lipinski definition) is 0. The number of nitrogens with zero attached hydrogens (tertiary/aromatic N) is 1. The molecule has 0 bridgehead atoms. The van der Waals surface area contributed by atoms with Crippen LogP contribution in [-0.2, 0) is 22.4 Å². The Morgan fingerprint density at radius 3 is 2.63 bits per heavy atom. The summed E-state index contributed by atoms with van der Waals surface area (Å²) in [7, 11) is 1.24. The number of carbonyl (C=O) groups excluding carboxylic acids is 1. The molecule has 0 fully saturated rings. The van der Waals surface area contributed by atoms with E-state index < -0.39 is 12.6 Å². The molecule has 1 aromatic rings. The number of carbonyl (C=O) groups is 1. The van der Waals surface area contributed by atoms with Gasteiger partial charge in [0, 0.05) is 5.56 Å². The summed E-state index contributed by atoms with van der Waals surface area (Å²) >= 11 is 0. The van der Waals surface area contributed by atoms with Gasteiger partial charge >= 0.3 is 12.6 Å². The van der Waals surface area contributed by atoms with Crippen molar-refractivity contribution in [2.24, 2.45) is 0 Å². The molecule has 0 aliphatic carbocycles. The van der Waals surface area contributed by atoms with Gasteiger partial charge < -0.3 is 9.47 Å². The van der Waals surface area contributed by atoms with E-state index in [1.165, 1.54) is 19.2 Å². The number of esters is 1. The summed E-state index contributed by atoms with van der Waals surface area (Å²) in [6.07, 6.45) is 0.265. The van der Waals surface area contributed by atoms with Crippen LogP contribution in [0.4, 0.5) is 8.78 Å². The van der Waals surface area contributed by atoms with Gasteiger partial charge in [-0.3, -0.25) is 4.79 Å². The number of rotatable bonds is 5. The third-order valence-corrected chi connectivity index (χ3v) is 2.60. The van der Waals surface area contributed by atoms with Crippen molar-refractivity contribution in [2.45, 2.75) is 26.4 Å². The van der Waals surface area contributed by atoms with Crippen molar-refractivity contribution in [3.05, 3.63) is 28.8 Å². The smallest absolute Gasteiger partial charge is 0.387 e. The van der Waals surface area contributed by atoms with Gasteiger partial charge in [-0.15, -0.1) is 0 Å². The Balaban J connectivity index is 3.23. The lowest BCUT2D eigenvalue weighted by Gasteiger charge is -2.13. The molecule has 0 aliphatic heterocycles. The summed E-state index contributed by atoms with van der Waals surface area (Å²) < 4.78 is 33.4. The predicted octanol–water partition coefficient (Wildman–Crippen LogP) is 2.44.